The third kappa shape index (κ3) is 5.45. The molecule has 3 rings (SSSR count). The summed E-state index contributed by atoms with van der Waals surface area (Å²) in [6.45, 7) is 1.62. The van der Waals surface area contributed by atoms with Crippen molar-refractivity contribution in [1.82, 2.24) is 14.5 Å². The van der Waals surface area contributed by atoms with Gasteiger partial charge in [-0.05, 0) is 62.6 Å². The molecule has 1 amide bonds. The largest absolute Gasteiger partial charge is 0.350 e. The fraction of sp³-hybridized carbons (Fsp3) is 0.476. The van der Waals surface area contributed by atoms with Crippen molar-refractivity contribution in [2.75, 3.05) is 33.7 Å². The first-order valence-corrected chi connectivity index (χ1v) is 12.3. The molecule has 2 aromatic rings. The minimum absolute atomic E-state index is 0.0987. The molecular formula is C21H29N3O3S2. The van der Waals surface area contributed by atoms with Gasteiger partial charge in [0.05, 0.1) is 10.9 Å². The first-order valence-electron chi connectivity index (χ1n) is 9.98. The third-order valence-corrected chi connectivity index (χ3v) is 8.16. The Hall–Kier alpha value is -1.74. The molecule has 1 aromatic heterocycles. The Kier molecular flexibility index (Phi) is 7.45. The molecule has 6 nitrogen and oxygen atoms in total. The number of thiophene rings is 1. The lowest BCUT2D eigenvalue weighted by molar-refractivity contribution is 0.0942. The molecule has 1 atom stereocenters. The fourth-order valence-corrected chi connectivity index (χ4v) is 5.96. The molecule has 1 unspecified atom stereocenters. The zero-order chi connectivity index (χ0) is 20.9. The number of rotatable bonds is 7. The summed E-state index contributed by atoms with van der Waals surface area (Å²) in [5.41, 5.74) is 0.462. The highest BCUT2D eigenvalue weighted by molar-refractivity contribution is 7.89. The summed E-state index contributed by atoms with van der Waals surface area (Å²) in [6.07, 6.45) is 3.95. The summed E-state index contributed by atoms with van der Waals surface area (Å²) in [5.74, 6) is -0.202. The lowest BCUT2D eigenvalue weighted by Crippen LogP contribution is -2.34. The van der Waals surface area contributed by atoms with E-state index in [0.29, 0.717) is 25.2 Å². The highest BCUT2D eigenvalue weighted by atomic mass is 32.2. The van der Waals surface area contributed by atoms with Crippen LogP contribution in [0.1, 0.15) is 47.0 Å². The van der Waals surface area contributed by atoms with E-state index in [1.54, 1.807) is 27.8 Å². The Morgan fingerprint density at radius 2 is 1.76 bits per heavy atom. The SMILES string of the molecule is CN(C)C(CNC(=O)c1ccc(S(=O)(=O)N2CCCCCC2)cc1)c1cccs1. The summed E-state index contributed by atoms with van der Waals surface area (Å²) in [4.78, 5) is 16.1. The minimum Gasteiger partial charge on any atom is -0.350 e. The number of carbonyl (C=O) groups is 1. The molecule has 158 valence electrons. The standard InChI is InChI=1S/C21H29N3O3S2/c1-23(2)19(20-8-7-15-28-20)16-22-21(25)17-9-11-18(12-10-17)29(26,27)24-13-5-3-4-6-14-24/h7-12,15,19H,3-6,13-14,16H2,1-2H3,(H,22,25). The molecule has 0 bridgehead atoms. The number of sulfonamides is 1. The number of benzene rings is 1. The fourth-order valence-electron chi connectivity index (χ4n) is 3.52. The summed E-state index contributed by atoms with van der Waals surface area (Å²) >= 11 is 1.66. The normalized spacial score (nSPS) is 17.1. The Bertz CT molecular complexity index is 886. The average Bonchev–Trinajstić information content (AvgIpc) is 3.08. The zero-order valence-corrected chi connectivity index (χ0v) is 18.6. The van der Waals surface area contributed by atoms with Gasteiger partial charge in [0.1, 0.15) is 0 Å². The monoisotopic (exact) mass is 435 g/mol. The molecule has 1 saturated heterocycles. The van der Waals surface area contributed by atoms with E-state index >= 15 is 0 Å². The van der Waals surface area contributed by atoms with Crippen LogP contribution in [-0.2, 0) is 10.0 Å². The van der Waals surface area contributed by atoms with Crippen molar-refractivity contribution in [2.24, 2.45) is 0 Å². The molecular weight excluding hydrogens is 406 g/mol. The van der Waals surface area contributed by atoms with Crippen LogP contribution in [0, 0.1) is 0 Å². The van der Waals surface area contributed by atoms with Gasteiger partial charge in [-0.3, -0.25) is 4.79 Å². The molecule has 0 radical (unpaired) electrons. The topological polar surface area (TPSA) is 69.7 Å². The Morgan fingerprint density at radius 3 is 2.31 bits per heavy atom. The highest BCUT2D eigenvalue weighted by Crippen LogP contribution is 2.23. The molecule has 1 N–H and O–H groups in total. The van der Waals surface area contributed by atoms with Crippen molar-refractivity contribution in [3.8, 4) is 0 Å². The van der Waals surface area contributed by atoms with Gasteiger partial charge in [-0.1, -0.05) is 18.9 Å². The molecule has 0 spiro atoms. The second kappa shape index (κ2) is 9.84. The summed E-state index contributed by atoms with van der Waals surface area (Å²) in [5, 5.41) is 4.99. The van der Waals surface area contributed by atoms with Crippen LogP contribution in [0.4, 0.5) is 0 Å². The molecule has 1 aromatic carbocycles. The average molecular weight is 436 g/mol. The van der Waals surface area contributed by atoms with Crippen molar-refractivity contribution >= 4 is 27.3 Å². The van der Waals surface area contributed by atoms with E-state index in [1.807, 2.05) is 25.5 Å². The number of hydrogen-bond donors (Lipinski definition) is 1. The number of likely N-dealkylation sites (N-methyl/N-ethyl adjacent to an activating group) is 1. The van der Waals surface area contributed by atoms with Crippen molar-refractivity contribution in [3.63, 3.8) is 0 Å². The molecule has 8 heteroatoms. The van der Waals surface area contributed by atoms with Gasteiger partial charge in [-0.15, -0.1) is 11.3 Å². The molecule has 0 saturated carbocycles. The third-order valence-electron chi connectivity index (χ3n) is 5.27. The number of nitrogens with zero attached hydrogens (tertiary/aromatic N) is 2. The maximum absolute atomic E-state index is 12.9. The van der Waals surface area contributed by atoms with Crippen LogP contribution in [0.2, 0.25) is 0 Å². The van der Waals surface area contributed by atoms with Crippen LogP contribution >= 0.6 is 11.3 Å². The van der Waals surface area contributed by atoms with Gasteiger partial charge < -0.3 is 10.2 Å². The Balaban J connectivity index is 1.65. The molecule has 2 heterocycles. The smallest absolute Gasteiger partial charge is 0.251 e. The summed E-state index contributed by atoms with van der Waals surface area (Å²) in [6, 6.07) is 10.4. The number of hydrogen-bond acceptors (Lipinski definition) is 5. The van der Waals surface area contributed by atoms with Gasteiger partial charge in [0.25, 0.3) is 5.91 Å². The van der Waals surface area contributed by atoms with Crippen molar-refractivity contribution in [1.29, 1.82) is 0 Å². The van der Waals surface area contributed by atoms with Crippen LogP contribution in [0.5, 0.6) is 0 Å². The lowest BCUT2D eigenvalue weighted by atomic mass is 10.2. The Morgan fingerprint density at radius 1 is 1.10 bits per heavy atom. The lowest BCUT2D eigenvalue weighted by Gasteiger charge is -2.23. The van der Waals surface area contributed by atoms with Crippen LogP contribution in [0.15, 0.2) is 46.7 Å². The highest BCUT2D eigenvalue weighted by Gasteiger charge is 2.25. The van der Waals surface area contributed by atoms with Gasteiger partial charge in [0.15, 0.2) is 0 Å². The van der Waals surface area contributed by atoms with Crippen LogP contribution < -0.4 is 5.32 Å². The van der Waals surface area contributed by atoms with E-state index in [2.05, 4.69) is 16.3 Å². The van der Waals surface area contributed by atoms with Crippen molar-refractivity contribution in [2.45, 2.75) is 36.6 Å². The van der Waals surface area contributed by atoms with Crippen LogP contribution in [0.25, 0.3) is 0 Å². The molecule has 1 aliphatic heterocycles. The van der Waals surface area contributed by atoms with Gasteiger partial charge >= 0.3 is 0 Å². The van der Waals surface area contributed by atoms with E-state index in [0.717, 1.165) is 25.7 Å². The number of amides is 1. The molecule has 0 aliphatic carbocycles. The van der Waals surface area contributed by atoms with E-state index in [1.165, 1.54) is 17.0 Å². The quantitative estimate of drug-likeness (QED) is 0.724. The van der Waals surface area contributed by atoms with Crippen LogP contribution in [-0.4, -0.2) is 57.3 Å². The van der Waals surface area contributed by atoms with Crippen molar-refractivity contribution < 1.29 is 13.2 Å². The van der Waals surface area contributed by atoms with Gasteiger partial charge in [0, 0.05) is 30.1 Å². The van der Waals surface area contributed by atoms with Crippen molar-refractivity contribution in [3.05, 3.63) is 52.2 Å². The maximum atomic E-state index is 12.9. The second-order valence-electron chi connectivity index (χ2n) is 7.55. The van der Waals surface area contributed by atoms with Gasteiger partial charge in [0.2, 0.25) is 10.0 Å². The first kappa shape index (κ1) is 22.0. The van der Waals surface area contributed by atoms with Crippen LogP contribution in [0.3, 0.4) is 0 Å². The predicted octanol–water partition coefficient (Wildman–Crippen LogP) is 3.35. The van der Waals surface area contributed by atoms with Gasteiger partial charge in [-0.25, -0.2) is 8.42 Å². The van der Waals surface area contributed by atoms with E-state index in [4.69, 9.17) is 0 Å². The van der Waals surface area contributed by atoms with E-state index in [-0.39, 0.29) is 16.8 Å². The summed E-state index contributed by atoms with van der Waals surface area (Å²) < 4.78 is 27.3. The van der Waals surface area contributed by atoms with Gasteiger partial charge in [-0.2, -0.15) is 4.31 Å². The first-order chi connectivity index (χ1) is 13.9. The molecule has 1 fully saturated rings. The van der Waals surface area contributed by atoms with E-state index in [9.17, 15) is 13.2 Å². The number of carbonyl (C=O) groups excluding carboxylic acids is 1. The molecule has 1 aliphatic rings. The van der Waals surface area contributed by atoms with E-state index < -0.39 is 10.0 Å². The summed E-state index contributed by atoms with van der Waals surface area (Å²) in [7, 11) is 0.472. The number of nitrogens with one attached hydrogen (secondary N) is 1. The Labute approximate surface area is 177 Å². The maximum Gasteiger partial charge on any atom is 0.251 e. The minimum atomic E-state index is -3.50. The molecule has 29 heavy (non-hydrogen) atoms. The second-order valence-corrected chi connectivity index (χ2v) is 10.5. The zero-order valence-electron chi connectivity index (χ0n) is 17.0. The predicted molar refractivity (Wildman–Crippen MR) is 117 cm³/mol.